The summed E-state index contributed by atoms with van der Waals surface area (Å²) in [7, 11) is 4.08. The summed E-state index contributed by atoms with van der Waals surface area (Å²) in [5.74, 6) is -0.311. The Hall–Kier alpha value is -0.570. The van der Waals surface area contributed by atoms with Gasteiger partial charge in [-0.25, -0.2) is 0 Å². The molecule has 3 heteroatoms. The van der Waals surface area contributed by atoms with E-state index in [9.17, 15) is 4.79 Å². The lowest BCUT2D eigenvalue weighted by molar-refractivity contribution is -0.138. The average molecular weight is 187 g/mol. The van der Waals surface area contributed by atoms with Crippen molar-refractivity contribution in [2.75, 3.05) is 20.6 Å². The molecule has 0 aromatic carbocycles. The van der Waals surface area contributed by atoms with Gasteiger partial charge in [0, 0.05) is 6.42 Å². The third kappa shape index (κ3) is 7.78. The predicted octanol–water partition coefficient (Wildman–Crippen LogP) is 1.83. The van der Waals surface area contributed by atoms with Gasteiger partial charge in [-0.2, -0.15) is 0 Å². The number of hydrogen-bond donors (Lipinski definition) is 1. The molecule has 0 aromatic rings. The summed E-state index contributed by atoms with van der Waals surface area (Å²) in [6, 6.07) is 0. The molecular weight excluding hydrogens is 166 g/mol. The Bertz CT molecular complexity index is 146. The second-order valence-corrected chi connectivity index (χ2v) is 3.82. The van der Waals surface area contributed by atoms with Crippen LogP contribution in [0.3, 0.4) is 0 Å². The molecule has 0 bridgehead atoms. The Morgan fingerprint density at radius 3 is 2.46 bits per heavy atom. The monoisotopic (exact) mass is 187 g/mol. The third-order valence-corrected chi connectivity index (χ3v) is 2.26. The molecule has 0 saturated carbocycles. The van der Waals surface area contributed by atoms with Crippen LogP contribution in [0.25, 0.3) is 0 Å². The van der Waals surface area contributed by atoms with Crippen LogP contribution in [0.5, 0.6) is 0 Å². The van der Waals surface area contributed by atoms with E-state index in [0.29, 0.717) is 12.3 Å². The maximum atomic E-state index is 10.5. The van der Waals surface area contributed by atoms with Gasteiger partial charge in [-0.3, -0.25) is 4.79 Å². The molecule has 1 unspecified atom stereocenters. The first-order valence-corrected chi connectivity index (χ1v) is 4.92. The molecule has 13 heavy (non-hydrogen) atoms. The minimum atomic E-state index is -0.670. The van der Waals surface area contributed by atoms with E-state index >= 15 is 0 Å². The third-order valence-electron chi connectivity index (χ3n) is 2.26. The van der Waals surface area contributed by atoms with E-state index in [1.165, 1.54) is 0 Å². The van der Waals surface area contributed by atoms with Gasteiger partial charge >= 0.3 is 5.97 Å². The van der Waals surface area contributed by atoms with Gasteiger partial charge in [-0.05, 0) is 39.4 Å². The molecule has 78 valence electrons. The number of carboxylic acids is 1. The number of hydrogen-bond acceptors (Lipinski definition) is 2. The average Bonchev–Trinajstić information content (AvgIpc) is 2.01. The standard InChI is InChI=1S/C10H21NO2/c1-4-9(8-10(12)13)6-5-7-11(2)3/h9H,4-8H2,1-3H3,(H,12,13). The molecule has 0 heterocycles. The van der Waals surface area contributed by atoms with Crippen LogP contribution in [0.4, 0.5) is 0 Å². The molecule has 3 nitrogen and oxygen atoms in total. The van der Waals surface area contributed by atoms with Gasteiger partial charge in [-0.1, -0.05) is 13.3 Å². The molecule has 0 saturated heterocycles. The van der Waals surface area contributed by atoms with E-state index in [-0.39, 0.29) is 0 Å². The highest BCUT2D eigenvalue weighted by atomic mass is 16.4. The first kappa shape index (κ1) is 12.4. The number of rotatable bonds is 7. The largest absolute Gasteiger partial charge is 0.481 e. The molecule has 1 N–H and O–H groups in total. The van der Waals surface area contributed by atoms with Gasteiger partial charge in [0.2, 0.25) is 0 Å². The summed E-state index contributed by atoms with van der Waals surface area (Å²) in [6.45, 7) is 3.11. The molecule has 1 atom stereocenters. The van der Waals surface area contributed by atoms with E-state index < -0.39 is 5.97 Å². The molecule has 0 aliphatic rings. The van der Waals surface area contributed by atoms with Crippen LogP contribution < -0.4 is 0 Å². The molecule has 0 fully saturated rings. The zero-order valence-electron chi connectivity index (χ0n) is 8.92. The molecule has 0 amide bonds. The van der Waals surface area contributed by atoms with Crippen LogP contribution in [0.1, 0.15) is 32.6 Å². The molecule has 0 aromatic heterocycles. The quantitative estimate of drug-likeness (QED) is 0.661. The van der Waals surface area contributed by atoms with E-state index in [0.717, 1.165) is 25.8 Å². The van der Waals surface area contributed by atoms with Crippen LogP contribution in [-0.4, -0.2) is 36.6 Å². The first-order valence-electron chi connectivity index (χ1n) is 4.92. The van der Waals surface area contributed by atoms with Crippen molar-refractivity contribution in [2.24, 2.45) is 5.92 Å². The Balaban J connectivity index is 3.53. The lowest BCUT2D eigenvalue weighted by Gasteiger charge is -2.14. The second kappa shape index (κ2) is 6.89. The highest BCUT2D eigenvalue weighted by molar-refractivity contribution is 5.66. The van der Waals surface area contributed by atoms with Gasteiger partial charge in [0.05, 0.1) is 0 Å². The minimum absolute atomic E-state index is 0.323. The van der Waals surface area contributed by atoms with Gasteiger partial charge in [0.15, 0.2) is 0 Å². The summed E-state index contributed by atoms with van der Waals surface area (Å²) >= 11 is 0. The summed E-state index contributed by atoms with van der Waals surface area (Å²) in [4.78, 5) is 12.6. The fourth-order valence-corrected chi connectivity index (χ4v) is 1.39. The molecule has 0 aliphatic carbocycles. The Labute approximate surface area is 80.7 Å². The van der Waals surface area contributed by atoms with E-state index in [2.05, 4.69) is 11.8 Å². The summed E-state index contributed by atoms with van der Waals surface area (Å²) in [6.07, 6.45) is 3.42. The van der Waals surface area contributed by atoms with Crippen LogP contribution in [-0.2, 0) is 4.79 Å². The van der Waals surface area contributed by atoms with Crippen molar-refractivity contribution in [2.45, 2.75) is 32.6 Å². The van der Waals surface area contributed by atoms with Crippen molar-refractivity contribution in [3.63, 3.8) is 0 Å². The Kier molecular flexibility index (Phi) is 6.59. The van der Waals surface area contributed by atoms with Crippen molar-refractivity contribution < 1.29 is 9.90 Å². The van der Waals surface area contributed by atoms with E-state index in [4.69, 9.17) is 5.11 Å². The van der Waals surface area contributed by atoms with Crippen molar-refractivity contribution in [3.05, 3.63) is 0 Å². The maximum absolute atomic E-state index is 10.5. The van der Waals surface area contributed by atoms with E-state index in [1.54, 1.807) is 0 Å². The van der Waals surface area contributed by atoms with Crippen LogP contribution in [0.15, 0.2) is 0 Å². The van der Waals surface area contributed by atoms with Gasteiger partial charge < -0.3 is 10.0 Å². The van der Waals surface area contributed by atoms with Crippen molar-refractivity contribution >= 4 is 5.97 Å². The van der Waals surface area contributed by atoms with Crippen molar-refractivity contribution in [1.82, 2.24) is 4.90 Å². The van der Waals surface area contributed by atoms with Crippen LogP contribution >= 0.6 is 0 Å². The Morgan fingerprint density at radius 2 is 2.08 bits per heavy atom. The highest BCUT2D eigenvalue weighted by Gasteiger charge is 2.10. The number of carbonyl (C=O) groups is 1. The van der Waals surface area contributed by atoms with E-state index in [1.807, 2.05) is 14.1 Å². The molecule has 0 aliphatic heterocycles. The topological polar surface area (TPSA) is 40.5 Å². The number of aliphatic carboxylic acids is 1. The Morgan fingerprint density at radius 1 is 1.46 bits per heavy atom. The fourth-order valence-electron chi connectivity index (χ4n) is 1.39. The second-order valence-electron chi connectivity index (χ2n) is 3.82. The molecule has 0 spiro atoms. The number of carboxylic acid groups (broad SMARTS) is 1. The normalized spacial score (nSPS) is 13.2. The summed E-state index contributed by atoms with van der Waals surface area (Å²) in [5, 5.41) is 8.61. The minimum Gasteiger partial charge on any atom is -0.481 e. The van der Waals surface area contributed by atoms with Crippen molar-refractivity contribution in [1.29, 1.82) is 0 Å². The first-order chi connectivity index (χ1) is 6.06. The fraction of sp³-hybridized carbons (Fsp3) is 0.900. The SMILES string of the molecule is CCC(CCCN(C)C)CC(=O)O. The summed E-state index contributed by atoms with van der Waals surface area (Å²) < 4.78 is 0. The zero-order chi connectivity index (χ0) is 10.3. The molecule has 0 radical (unpaired) electrons. The predicted molar refractivity (Wildman–Crippen MR) is 53.8 cm³/mol. The highest BCUT2D eigenvalue weighted by Crippen LogP contribution is 2.15. The van der Waals surface area contributed by atoms with Gasteiger partial charge in [0.1, 0.15) is 0 Å². The van der Waals surface area contributed by atoms with Crippen LogP contribution in [0, 0.1) is 5.92 Å². The summed E-state index contributed by atoms with van der Waals surface area (Å²) in [5.41, 5.74) is 0. The lowest BCUT2D eigenvalue weighted by atomic mass is 9.97. The number of nitrogens with zero attached hydrogens (tertiary/aromatic N) is 1. The van der Waals surface area contributed by atoms with Gasteiger partial charge in [-0.15, -0.1) is 0 Å². The van der Waals surface area contributed by atoms with Gasteiger partial charge in [0.25, 0.3) is 0 Å². The zero-order valence-corrected chi connectivity index (χ0v) is 8.92. The smallest absolute Gasteiger partial charge is 0.303 e. The lowest BCUT2D eigenvalue weighted by Crippen LogP contribution is -2.15. The van der Waals surface area contributed by atoms with Crippen LogP contribution in [0.2, 0.25) is 0 Å². The maximum Gasteiger partial charge on any atom is 0.303 e. The van der Waals surface area contributed by atoms with Crippen molar-refractivity contribution in [3.8, 4) is 0 Å². The molecule has 0 rings (SSSR count). The molecular formula is C10H21NO2.